The van der Waals surface area contributed by atoms with E-state index >= 15 is 0 Å². The minimum absolute atomic E-state index is 0.570. The highest BCUT2D eigenvalue weighted by atomic mass is 15.7. The Morgan fingerprint density at radius 1 is 0.347 bits per heavy atom. The number of hydrogen-bond acceptors (Lipinski definition) is 12. The molecule has 7 aliphatic heterocycles. The van der Waals surface area contributed by atoms with E-state index in [1.54, 1.807) is 0 Å². The van der Waals surface area contributed by atoms with Gasteiger partial charge in [-0.3, -0.25) is 29.7 Å². The number of fused-ring (bicyclic) bond motifs is 15. The summed E-state index contributed by atoms with van der Waals surface area (Å²) in [6.07, 6.45) is 54.6. The Balaban J connectivity index is 0.754. The molecule has 75 heavy (non-hydrogen) atoms. The molecule has 420 valence electrons. The molecule has 0 aromatic heterocycles. The molecule has 6 N–H and O–H groups in total. The average Bonchev–Trinajstić information content (AvgIpc) is 4.39. The van der Waals surface area contributed by atoms with Crippen LogP contribution in [0.4, 0.5) is 0 Å². The molecule has 18 atom stereocenters. The number of hydrogen-bond donors (Lipinski definition) is 6. The standard InChI is InChI=1S/C63H108N12/c1-4-6-8-10-12-14-16-18-32-71-60-27-21-44-35-50(60)54-39-48(25-31-63(54)71)75-42-57(66-69-75)45-22-28-61-51(36-45)53-38-47(24-30-62(53)72(61)33-19-17-15-13-11-9-7-5-2)74-40-55(64-68-74)43-20-26-58-49(34-43)52-37-46(23-29-59(52)70(58)3)73-41-56(44)65-67-73/h40-54,58-69H,4-39H2,1-3H3. The SMILES string of the molecule is CCCCCCCCCCN1C2CCC3CC2C2CC(CCC21)N1C=C(NN1)C1CCC2C(C1)C1CC(CCC1N2C)N1C=C(NN1)C1CCC2C(C1)C1CC(CCC1N2CCCCCCCCCC)N1C=C3NN1. The lowest BCUT2D eigenvalue weighted by Crippen LogP contribution is -2.49. The van der Waals surface area contributed by atoms with Crippen molar-refractivity contribution in [1.82, 2.24) is 62.6 Å². The quantitative estimate of drug-likeness (QED) is 0.0739. The molecule has 0 spiro atoms. The van der Waals surface area contributed by atoms with E-state index in [1.165, 1.54) is 248 Å². The minimum Gasteiger partial charge on any atom is -0.306 e. The summed E-state index contributed by atoms with van der Waals surface area (Å²) in [7, 11) is 2.51. The Labute approximate surface area is 456 Å². The monoisotopic (exact) mass is 1030 g/mol. The molecular formula is C63H108N12. The van der Waals surface area contributed by atoms with E-state index in [-0.39, 0.29) is 0 Å². The Morgan fingerprint density at radius 3 is 1.03 bits per heavy atom. The number of nitrogens with one attached hydrogen (secondary N) is 6. The second kappa shape index (κ2) is 23.5. The van der Waals surface area contributed by atoms with Crippen molar-refractivity contribution in [3.8, 4) is 0 Å². The number of allylic oxidation sites excluding steroid dienone is 3. The maximum Gasteiger partial charge on any atom is 0.0484 e. The molecule has 6 aliphatic carbocycles. The van der Waals surface area contributed by atoms with E-state index < -0.39 is 0 Å². The van der Waals surface area contributed by atoms with Crippen LogP contribution < -0.4 is 32.9 Å². The summed E-state index contributed by atoms with van der Waals surface area (Å²) >= 11 is 0. The average molecular weight is 1030 g/mol. The summed E-state index contributed by atoms with van der Waals surface area (Å²) in [5.74, 6) is 6.67. The van der Waals surface area contributed by atoms with Crippen molar-refractivity contribution >= 4 is 0 Å². The van der Waals surface area contributed by atoms with E-state index in [4.69, 9.17) is 0 Å². The summed E-state index contributed by atoms with van der Waals surface area (Å²) in [6.45, 7) is 7.36. The summed E-state index contributed by atoms with van der Waals surface area (Å²) in [5.41, 5.74) is 27.6. The van der Waals surface area contributed by atoms with Gasteiger partial charge in [0.15, 0.2) is 0 Å². The van der Waals surface area contributed by atoms with Gasteiger partial charge in [-0.25, -0.2) is 0 Å². The molecule has 18 unspecified atom stereocenters. The predicted octanol–water partition coefficient (Wildman–Crippen LogP) is 11.3. The summed E-state index contributed by atoms with van der Waals surface area (Å²) in [4.78, 5) is 9.16. The highest BCUT2D eigenvalue weighted by Gasteiger charge is 2.57. The van der Waals surface area contributed by atoms with Crippen molar-refractivity contribution in [1.29, 1.82) is 0 Å². The van der Waals surface area contributed by atoms with E-state index in [1.807, 2.05) is 0 Å². The zero-order chi connectivity index (χ0) is 50.4. The van der Waals surface area contributed by atoms with Gasteiger partial charge in [-0.15, -0.1) is 16.6 Å². The van der Waals surface area contributed by atoms with Gasteiger partial charge in [-0.05, 0) is 184 Å². The van der Waals surface area contributed by atoms with Crippen LogP contribution >= 0.6 is 0 Å². The van der Waals surface area contributed by atoms with Gasteiger partial charge in [0.25, 0.3) is 0 Å². The van der Waals surface area contributed by atoms with Crippen molar-refractivity contribution in [3.05, 3.63) is 35.7 Å². The zero-order valence-electron chi connectivity index (χ0n) is 47.8. The van der Waals surface area contributed by atoms with Crippen molar-refractivity contribution in [3.63, 3.8) is 0 Å². The third-order valence-electron chi connectivity index (χ3n) is 24.3. The fourth-order valence-electron chi connectivity index (χ4n) is 20.6. The van der Waals surface area contributed by atoms with Crippen molar-refractivity contribution < 1.29 is 0 Å². The number of nitrogens with zero attached hydrogens (tertiary/aromatic N) is 6. The molecule has 3 saturated heterocycles. The Morgan fingerprint density at radius 2 is 0.640 bits per heavy atom. The molecule has 12 heteroatoms. The Hall–Kier alpha value is -2.22. The first-order valence-corrected chi connectivity index (χ1v) is 33.3. The van der Waals surface area contributed by atoms with E-state index in [9.17, 15) is 0 Å². The normalized spacial score (nSPS) is 42.0. The van der Waals surface area contributed by atoms with E-state index in [0.717, 1.165) is 71.8 Å². The first kappa shape index (κ1) is 52.2. The second-order valence-corrected chi connectivity index (χ2v) is 28.1. The van der Waals surface area contributed by atoms with Crippen molar-refractivity contribution in [2.24, 2.45) is 53.3 Å². The van der Waals surface area contributed by atoms with Crippen LogP contribution in [-0.4, -0.2) is 104 Å². The van der Waals surface area contributed by atoms with Gasteiger partial charge < -0.3 is 16.3 Å². The van der Waals surface area contributed by atoms with Gasteiger partial charge in [-0.2, -0.15) is 0 Å². The Kier molecular flexibility index (Phi) is 16.3. The molecule has 0 aromatic carbocycles. The van der Waals surface area contributed by atoms with Crippen molar-refractivity contribution in [2.75, 3.05) is 20.1 Å². The van der Waals surface area contributed by atoms with E-state index in [2.05, 4.69) is 102 Å². The summed E-state index contributed by atoms with van der Waals surface area (Å²) < 4.78 is 0. The van der Waals surface area contributed by atoms with Crippen LogP contribution in [0, 0.1) is 53.3 Å². The lowest BCUT2D eigenvalue weighted by Gasteiger charge is -2.40. The fraction of sp³-hybridized carbons (Fsp3) is 0.905. The highest BCUT2D eigenvalue weighted by molar-refractivity contribution is 5.19. The minimum atomic E-state index is 0.570. The molecule has 0 amide bonds. The molecule has 12 nitrogen and oxygen atoms in total. The maximum absolute atomic E-state index is 3.91. The molecule has 6 saturated carbocycles. The van der Waals surface area contributed by atoms with Gasteiger partial charge >= 0.3 is 0 Å². The van der Waals surface area contributed by atoms with Crippen LogP contribution in [0.2, 0.25) is 0 Å². The van der Waals surface area contributed by atoms with Crippen LogP contribution in [-0.2, 0) is 0 Å². The van der Waals surface area contributed by atoms with E-state index in [0.29, 0.717) is 35.9 Å². The molecular weight excluding hydrogens is 925 g/mol. The molecule has 18 bridgehead atoms. The lowest BCUT2D eigenvalue weighted by molar-refractivity contribution is 0.0835. The molecule has 13 aliphatic rings. The lowest BCUT2D eigenvalue weighted by atomic mass is 9.68. The third-order valence-corrected chi connectivity index (χ3v) is 24.3. The first-order valence-electron chi connectivity index (χ1n) is 33.3. The number of hydrazine groups is 6. The largest absolute Gasteiger partial charge is 0.306 e. The van der Waals surface area contributed by atoms with Crippen molar-refractivity contribution in [2.45, 2.75) is 287 Å². The first-order chi connectivity index (χ1) is 37.0. The van der Waals surface area contributed by atoms with Gasteiger partial charge in [0.2, 0.25) is 0 Å². The zero-order valence-corrected chi connectivity index (χ0v) is 47.8. The fourth-order valence-corrected chi connectivity index (χ4v) is 20.6. The van der Waals surface area contributed by atoms with Crippen LogP contribution in [0.5, 0.6) is 0 Å². The molecule has 13 rings (SSSR count). The number of likely N-dealkylation sites (tertiary alicyclic amines) is 3. The molecule has 0 aromatic rings. The predicted molar refractivity (Wildman–Crippen MR) is 304 cm³/mol. The highest BCUT2D eigenvalue weighted by Crippen LogP contribution is 2.56. The van der Waals surface area contributed by atoms with Crippen LogP contribution in [0.15, 0.2) is 35.7 Å². The van der Waals surface area contributed by atoms with Crippen LogP contribution in [0.3, 0.4) is 0 Å². The van der Waals surface area contributed by atoms with Crippen LogP contribution in [0.1, 0.15) is 232 Å². The summed E-state index contributed by atoms with van der Waals surface area (Å²) in [6, 6.07) is 6.29. The molecule has 9 fully saturated rings. The Bertz CT molecular complexity index is 1970. The number of unbranched alkanes of at least 4 members (excludes halogenated alkanes) is 14. The van der Waals surface area contributed by atoms with Crippen LogP contribution in [0.25, 0.3) is 0 Å². The number of rotatable bonds is 18. The summed E-state index contributed by atoms with van der Waals surface area (Å²) in [5, 5.41) is 7.77. The smallest absolute Gasteiger partial charge is 0.0484 e. The second-order valence-electron chi connectivity index (χ2n) is 28.1. The maximum atomic E-state index is 3.91. The molecule has 0 radical (unpaired) electrons. The van der Waals surface area contributed by atoms with Gasteiger partial charge in [0, 0.05) is 108 Å². The van der Waals surface area contributed by atoms with Gasteiger partial charge in [0.05, 0.1) is 0 Å². The third kappa shape index (κ3) is 10.5. The molecule has 7 heterocycles. The van der Waals surface area contributed by atoms with Gasteiger partial charge in [0.1, 0.15) is 0 Å². The topological polar surface area (TPSA) is 91.6 Å². The van der Waals surface area contributed by atoms with Gasteiger partial charge in [-0.1, -0.05) is 104 Å².